The van der Waals surface area contributed by atoms with Gasteiger partial charge in [-0.25, -0.2) is 4.39 Å². The Morgan fingerprint density at radius 1 is 1.50 bits per heavy atom. The average Bonchev–Trinajstić information content (AvgIpc) is 2.25. The second kappa shape index (κ2) is 5.99. The van der Waals surface area contributed by atoms with Gasteiger partial charge in [0.25, 0.3) is 5.91 Å². The average molecular weight is 288 g/mol. The van der Waals surface area contributed by atoms with Gasteiger partial charge in [0, 0.05) is 24.5 Å². The standard InChI is InChI=1S/C12H15BrFNO/c1-9-8-10(14)4-5-11(9)12(16)15(2)7-3-6-13/h4-5,8H,3,6-7H2,1-2H3. The summed E-state index contributed by atoms with van der Waals surface area (Å²) in [5, 5.41) is 0.868. The lowest BCUT2D eigenvalue weighted by Crippen LogP contribution is -2.28. The van der Waals surface area contributed by atoms with Crippen molar-refractivity contribution in [1.29, 1.82) is 0 Å². The van der Waals surface area contributed by atoms with Crippen LogP contribution in [0.2, 0.25) is 0 Å². The van der Waals surface area contributed by atoms with E-state index in [2.05, 4.69) is 15.9 Å². The fourth-order valence-corrected chi connectivity index (χ4v) is 1.72. The fraction of sp³-hybridized carbons (Fsp3) is 0.417. The lowest BCUT2D eigenvalue weighted by Gasteiger charge is -2.17. The molecule has 0 fully saturated rings. The SMILES string of the molecule is Cc1cc(F)ccc1C(=O)N(C)CCCBr. The Balaban J connectivity index is 2.79. The summed E-state index contributed by atoms with van der Waals surface area (Å²) in [7, 11) is 1.76. The lowest BCUT2D eigenvalue weighted by molar-refractivity contribution is 0.0795. The van der Waals surface area contributed by atoms with E-state index < -0.39 is 0 Å². The molecule has 0 atom stereocenters. The maximum Gasteiger partial charge on any atom is 0.253 e. The van der Waals surface area contributed by atoms with Crippen LogP contribution < -0.4 is 0 Å². The minimum Gasteiger partial charge on any atom is -0.342 e. The van der Waals surface area contributed by atoms with Crippen LogP contribution in [0.25, 0.3) is 0 Å². The summed E-state index contributed by atoms with van der Waals surface area (Å²) in [5.41, 5.74) is 1.24. The van der Waals surface area contributed by atoms with Gasteiger partial charge in [-0.1, -0.05) is 15.9 Å². The Hall–Kier alpha value is -0.900. The predicted octanol–water partition coefficient (Wildman–Crippen LogP) is 2.99. The van der Waals surface area contributed by atoms with Gasteiger partial charge in [0.1, 0.15) is 5.82 Å². The molecule has 88 valence electrons. The summed E-state index contributed by atoms with van der Waals surface area (Å²) in [6.07, 6.45) is 0.905. The zero-order valence-electron chi connectivity index (χ0n) is 9.46. The summed E-state index contributed by atoms with van der Waals surface area (Å²) >= 11 is 3.32. The smallest absolute Gasteiger partial charge is 0.253 e. The molecule has 0 aliphatic rings. The third-order valence-corrected chi connectivity index (χ3v) is 2.95. The Morgan fingerprint density at radius 3 is 2.75 bits per heavy atom. The number of hydrogen-bond donors (Lipinski definition) is 0. The van der Waals surface area contributed by atoms with E-state index in [0.717, 1.165) is 11.8 Å². The molecular formula is C12H15BrFNO. The number of rotatable bonds is 4. The van der Waals surface area contributed by atoms with E-state index >= 15 is 0 Å². The Bertz CT molecular complexity index is 381. The quantitative estimate of drug-likeness (QED) is 0.780. The second-order valence-electron chi connectivity index (χ2n) is 3.73. The van der Waals surface area contributed by atoms with Crippen LogP contribution in [0.4, 0.5) is 4.39 Å². The summed E-state index contributed by atoms with van der Waals surface area (Å²) in [6, 6.07) is 4.24. The molecule has 0 saturated heterocycles. The molecular weight excluding hydrogens is 273 g/mol. The lowest BCUT2D eigenvalue weighted by atomic mass is 10.1. The summed E-state index contributed by atoms with van der Waals surface area (Å²) in [6.45, 7) is 2.44. The van der Waals surface area contributed by atoms with Crippen LogP contribution in [0.15, 0.2) is 18.2 Å². The van der Waals surface area contributed by atoms with E-state index in [0.29, 0.717) is 17.7 Å². The van der Waals surface area contributed by atoms with Gasteiger partial charge in [0.15, 0.2) is 0 Å². The third-order valence-electron chi connectivity index (χ3n) is 2.39. The molecule has 0 aliphatic heterocycles. The van der Waals surface area contributed by atoms with Crippen molar-refractivity contribution in [1.82, 2.24) is 4.90 Å². The topological polar surface area (TPSA) is 20.3 Å². The van der Waals surface area contributed by atoms with Crippen molar-refractivity contribution < 1.29 is 9.18 Å². The van der Waals surface area contributed by atoms with Gasteiger partial charge in [-0.05, 0) is 37.1 Å². The fourth-order valence-electron chi connectivity index (χ4n) is 1.47. The van der Waals surface area contributed by atoms with E-state index in [1.807, 2.05) is 0 Å². The van der Waals surface area contributed by atoms with Crippen LogP contribution in [0, 0.1) is 12.7 Å². The van der Waals surface area contributed by atoms with E-state index in [-0.39, 0.29) is 11.7 Å². The maximum absolute atomic E-state index is 12.9. The largest absolute Gasteiger partial charge is 0.342 e. The van der Waals surface area contributed by atoms with Crippen LogP contribution in [0.3, 0.4) is 0 Å². The third kappa shape index (κ3) is 3.30. The van der Waals surface area contributed by atoms with Crippen molar-refractivity contribution in [3.8, 4) is 0 Å². The van der Waals surface area contributed by atoms with Crippen molar-refractivity contribution in [3.05, 3.63) is 35.1 Å². The second-order valence-corrected chi connectivity index (χ2v) is 4.52. The van der Waals surface area contributed by atoms with Gasteiger partial charge in [-0.3, -0.25) is 4.79 Å². The normalized spacial score (nSPS) is 10.2. The summed E-state index contributed by atoms with van der Waals surface area (Å²) in [5.74, 6) is -0.365. The molecule has 0 heterocycles. The predicted molar refractivity (Wildman–Crippen MR) is 66.5 cm³/mol. The number of hydrogen-bond acceptors (Lipinski definition) is 1. The van der Waals surface area contributed by atoms with Crippen LogP contribution in [0.5, 0.6) is 0 Å². The van der Waals surface area contributed by atoms with Crippen LogP contribution >= 0.6 is 15.9 Å². The van der Waals surface area contributed by atoms with E-state index in [4.69, 9.17) is 0 Å². The van der Waals surface area contributed by atoms with Gasteiger partial charge in [-0.15, -0.1) is 0 Å². The van der Waals surface area contributed by atoms with Crippen molar-refractivity contribution in [2.24, 2.45) is 0 Å². The number of aryl methyl sites for hydroxylation is 1. The molecule has 0 aromatic heterocycles. The highest BCUT2D eigenvalue weighted by Crippen LogP contribution is 2.12. The summed E-state index contributed by atoms with van der Waals surface area (Å²) in [4.78, 5) is 13.6. The van der Waals surface area contributed by atoms with Crippen molar-refractivity contribution in [2.45, 2.75) is 13.3 Å². The minimum absolute atomic E-state index is 0.0570. The molecule has 1 aromatic carbocycles. The van der Waals surface area contributed by atoms with E-state index in [9.17, 15) is 9.18 Å². The first-order chi connectivity index (χ1) is 7.56. The molecule has 16 heavy (non-hydrogen) atoms. The highest BCUT2D eigenvalue weighted by atomic mass is 79.9. The van der Waals surface area contributed by atoms with Crippen LogP contribution in [0.1, 0.15) is 22.3 Å². The number of carbonyl (C=O) groups is 1. The first-order valence-electron chi connectivity index (χ1n) is 5.14. The number of amides is 1. The van der Waals surface area contributed by atoms with Gasteiger partial charge in [0.2, 0.25) is 0 Å². The molecule has 0 aliphatic carbocycles. The van der Waals surface area contributed by atoms with Gasteiger partial charge >= 0.3 is 0 Å². The zero-order chi connectivity index (χ0) is 12.1. The highest BCUT2D eigenvalue weighted by Gasteiger charge is 2.13. The monoisotopic (exact) mass is 287 g/mol. The van der Waals surface area contributed by atoms with Gasteiger partial charge in [-0.2, -0.15) is 0 Å². The molecule has 0 radical (unpaired) electrons. The number of alkyl halides is 1. The number of halogens is 2. The summed E-state index contributed by atoms with van der Waals surface area (Å²) < 4.78 is 12.9. The molecule has 0 saturated carbocycles. The molecule has 0 spiro atoms. The molecule has 1 amide bonds. The zero-order valence-corrected chi connectivity index (χ0v) is 11.1. The van der Waals surface area contributed by atoms with Crippen LogP contribution in [-0.4, -0.2) is 29.7 Å². The Morgan fingerprint density at radius 2 is 2.19 bits per heavy atom. The minimum atomic E-state index is -0.308. The molecule has 2 nitrogen and oxygen atoms in total. The molecule has 4 heteroatoms. The Kier molecular flexibility index (Phi) is 4.93. The maximum atomic E-state index is 12.9. The Labute approximate surface area is 104 Å². The van der Waals surface area contributed by atoms with Crippen molar-refractivity contribution >= 4 is 21.8 Å². The highest BCUT2D eigenvalue weighted by molar-refractivity contribution is 9.09. The van der Waals surface area contributed by atoms with Gasteiger partial charge in [0.05, 0.1) is 0 Å². The van der Waals surface area contributed by atoms with Crippen molar-refractivity contribution in [2.75, 3.05) is 18.9 Å². The number of carbonyl (C=O) groups excluding carboxylic acids is 1. The van der Waals surface area contributed by atoms with Crippen molar-refractivity contribution in [3.63, 3.8) is 0 Å². The first kappa shape index (κ1) is 13.2. The number of nitrogens with zero attached hydrogens (tertiary/aromatic N) is 1. The van der Waals surface area contributed by atoms with E-state index in [1.54, 1.807) is 18.9 Å². The van der Waals surface area contributed by atoms with Crippen LogP contribution in [-0.2, 0) is 0 Å². The molecule has 0 N–H and O–H groups in total. The first-order valence-corrected chi connectivity index (χ1v) is 6.26. The molecule has 1 rings (SSSR count). The molecule has 1 aromatic rings. The van der Waals surface area contributed by atoms with E-state index in [1.165, 1.54) is 18.2 Å². The molecule has 0 bridgehead atoms. The molecule has 0 unspecified atom stereocenters. The van der Waals surface area contributed by atoms with Gasteiger partial charge < -0.3 is 4.90 Å². The number of benzene rings is 1.